The predicted molar refractivity (Wildman–Crippen MR) is 53.5 cm³/mol. The smallest absolute Gasteiger partial charge is 0.234 e. The molecule has 0 radical (unpaired) electrons. The van der Waals surface area contributed by atoms with E-state index in [1.54, 1.807) is 0 Å². The van der Waals surface area contributed by atoms with Gasteiger partial charge in [0.25, 0.3) is 0 Å². The zero-order valence-corrected chi connectivity index (χ0v) is 8.60. The Labute approximate surface area is 80.3 Å². The number of hydrogen-bond acceptors (Lipinski definition) is 2. The number of amides is 1. The van der Waals surface area contributed by atoms with Crippen molar-refractivity contribution in [2.45, 2.75) is 39.2 Å². The van der Waals surface area contributed by atoms with E-state index >= 15 is 0 Å². The second kappa shape index (κ2) is 5.22. The lowest BCUT2D eigenvalue weighted by molar-refractivity contribution is -0.120. The molecule has 3 nitrogen and oxygen atoms in total. The molecule has 0 unspecified atom stereocenters. The molecule has 1 aliphatic rings. The molecule has 1 fully saturated rings. The molecule has 2 N–H and O–H groups in total. The first-order valence-corrected chi connectivity index (χ1v) is 5.18. The first kappa shape index (κ1) is 10.5. The van der Waals surface area contributed by atoms with Crippen LogP contribution in [0.15, 0.2) is 0 Å². The first-order chi connectivity index (χ1) is 6.18. The van der Waals surface area contributed by atoms with Crippen molar-refractivity contribution in [2.75, 3.05) is 13.1 Å². The Morgan fingerprint density at radius 1 is 1.46 bits per heavy atom. The Hall–Kier alpha value is -0.570. The molecule has 0 saturated heterocycles. The van der Waals surface area contributed by atoms with Gasteiger partial charge in [0.05, 0.1) is 6.54 Å². The molecule has 0 aromatic rings. The molecule has 0 bridgehead atoms. The fraction of sp³-hybridized carbons (Fsp3) is 0.900. The maximum Gasteiger partial charge on any atom is 0.234 e. The zero-order valence-electron chi connectivity index (χ0n) is 8.60. The number of rotatable bonds is 5. The summed E-state index contributed by atoms with van der Waals surface area (Å²) in [4.78, 5) is 11.2. The molecule has 3 heteroatoms. The minimum atomic E-state index is 0.106. The van der Waals surface area contributed by atoms with Crippen LogP contribution in [0.25, 0.3) is 0 Å². The molecular formula is C10H20N2O. The van der Waals surface area contributed by atoms with E-state index < -0.39 is 0 Å². The molecule has 1 rings (SSSR count). The Bertz CT molecular complexity index is 164. The highest BCUT2D eigenvalue weighted by atomic mass is 16.1. The van der Waals surface area contributed by atoms with Crippen molar-refractivity contribution >= 4 is 5.91 Å². The van der Waals surface area contributed by atoms with Crippen LogP contribution in [0, 0.1) is 5.92 Å². The molecule has 0 aliphatic heterocycles. The summed E-state index contributed by atoms with van der Waals surface area (Å²) in [6.45, 7) is 5.42. The third kappa shape index (κ3) is 4.27. The Morgan fingerprint density at radius 2 is 2.15 bits per heavy atom. The summed E-state index contributed by atoms with van der Waals surface area (Å²) in [5.74, 6) is 0.932. The molecule has 76 valence electrons. The quantitative estimate of drug-likeness (QED) is 0.666. The fourth-order valence-corrected chi connectivity index (χ4v) is 1.46. The summed E-state index contributed by atoms with van der Waals surface area (Å²) in [6, 6.07) is 0.248. The Balaban J connectivity index is 1.94. The van der Waals surface area contributed by atoms with Crippen LogP contribution in [0.4, 0.5) is 0 Å². The van der Waals surface area contributed by atoms with Crippen LogP contribution in [-0.2, 0) is 4.79 Å². The number of carbonyl (C=O) groups is 1. The van der Waals surface area contributed by atoms with Crippen molar-refractivity contribution in [1.29, 1.82) is 0 Å². The van der Waals surface area contributed by atoms with Crippen LogP contribution in [-0.4, -0.2) is 25.0 Å². The highest BCUT2D eigenvalue weighted by Gasteiger charge is 2.16. The lowest BCUT2D eigenvalue weighted by atomic mass is 9.85. The molecule has 1 saturated carbocycles. The van der Waals surface area contributed by atoms with Gasteiger partial charge in [-0.05, 0) is 39.2 Å². The lowest BCUT2D eigenvalue weighted by Crippen LogP contribution is -2.39. The van der Waals surface area contributed by atoms with Gasteiger partial charge in [0.1, 0.15) is 0 Å². The van der Waals surface area contributed by atoms with E-state index in [9.17, 15) is 4.79 Å². The maximum atomic E-state index is 11.2. The van der Waals surface area contributed by atoms with E-state index in [-0.39, 0.29) is 11.9 Å². The van der Waals surface area contributed by atoms with Crippen LogP contribution < -0.4 is 10.6 Å². The summed E-state index contributed by atoms with van der Waals surface area (Å²) in [6.07, 6.45) is 4.03. The largest absolute Gasteiger partial charge is 0.353 e. The van der Waals surface area contributed by atoms with Crippen molar-refractivity contribution in [3.05, 3.63) is 0 Å². The first-order valence-electron chi connectivity index (χ1n) is 5.18. The Kier molecular flexibility index (Phi) is 4.22. The third-order valence-corrected chi connectivity index (χ3v) is 2.39. The van der Waals surface area contributed by atoms with Crippen molar-refractivity contribution in [3.63, 3.8) is 0 Å². The molecule has 0 spiro atoms. The van der Waals surface area contributed by atoms with Gasteiger partial charge in [-0.3, -0.25) is 4.79 Å². The Morgan fingerprint density at radius 3 is 2.62 bits per heavy atom. The molecular weight excluding hydrogens is 164 g/mol. The van der Waals surface area contributed by atoms with Crippen LogP contribution in [0.3, 0.4) is 0 Å². The van der Waals surface area contributed by atoms with E-state index in [4.69, 9.17) is 0 Å². The highest BCUT2D eigenvalue weighted by molar-refractivity contribution is 5.78. The van der Waals surface area contributed by atoms with Gasteiger partial charge in [0, 0.05) is 6.04 Å². The molecule has 13 heavy (non-hydrogen) atoms. The van der Waals surface area contributed by atoms with Gasteiger partial charge >= 0.3 is 0 Å². The average Bonchev–Trinajstić information content (AvgIpc) is 1.92. The summed E-state index contributed by atoms with van der Waals surface area (Å²) < 4.78 is 0. The van der Waals surface area contributed by atoms with Crippen molar-refractivity contribution in [2.24, 2.45) is 5.92 Å². The molecule has 0 aromatic carbocycles. The van der Waals surface area contributed by atoms with E-state index in [0.717, 1.165) is 12.5 Å². The zero-order chi connectivity index (χ0) is 9.68. The number of hydrogen-bond donors (Lipinski definition) is 2. The van der Waals surface area contributed by atoms with Crippen molar-refractivity contribution in [3.8, 4) is 0 Å². The maximum absolute atomic E-state index is 11.2. The molecule has 0 atom stereocenters. The van der Waals surface area contributed by atoms with Gasteiger partial charge in [-0.2, -0.15) is 0 Å². The second-order valence-electron chi connectivity index (χ2n) is 4.15. The normalized spacial score (nSPS) is 17.2. The molecule has 1 aliphatic carbocycles. The van der Waals surface area contributed by atoms with E-state index in [2.05, 4.69) is 10.6 Å². The van der Waals surface area contributed by atoms with Gasteiger partial charge in [0.15, 0.2) is 0 Å². The monoisotopic (exact) mass is 184 g/mol. The van der Waals surface area contributed by atoms with Gasteiger partial charge in [-0.1, -0.05) is 6.42 Å². The van der Waals surface area contributed by atoms with Gasteiger partial charge in [-0.15, -0.1) is 0 Å². The van der Waals surface area contributed by atoms with Crippen LogP contribution in [0.5, 0.6) is 0 Å². The van der Waals surface area contributed by atoms with E-state index in [1.165, 1.54) is 19.3 Å². The minimum Gasteiger partial charge on any atom is -0.353 e. The number of carbonyl (C=O) groups excluding carboxylic acids is 1. The summed E-state index contributed by atoms with van der Waals surface area (Å²) in [7, 11) is 0. The van der Waals surface area contributed by atoms with Gasteiger partial charge < -0.3 is 10.6 Å². The van der Waals surface area contributed by atoms with E-state index in [0.29, 0.717) is 6.54 Å². The number of nitrogens with one attached hydrogen (secondary N) is 2. The standard InChI is InChI=1S/C10H20N2O/c1-8(2)12-10(13)7-11-6-9-4-3-5-9/h8-9,11H,3-7H2,1-2H3,(H,12,13). The third-order valence-electron chi connectivity index (χ3n) is 2.39. The van der Waals surface area contributed by atoms with Crippen LogP contribution in [0.2, 0.25) is 0 Å². The summed E-state index contributed by atoms with van der Waals surface area (Å²) >= 11 is 0. The molecule has 1 amide bonds. The highest BCUT2D eigenvalue weighted by Crippen LogP contribution is 2.24. The van der Waals surface area contributed by atoms with Gasteiger partial charge in [-0.25, -0.2) is 0 Å². The van der Waals surface area contributed by atoms with Crippen molar-refractivity contribution in [1.82, 2.24) is 10.6 Å². The fourth-order valence-electron chi connectivity index (χ4n) is 1.46. The predicted octanol–water partition coefficient (Wildman–Crippen LogP) is 0.901. The van der Waals surface area contributed by atoms with Crippen LogP contribution >= 0.6 is 0 Å². The van der Waals surface area contributed by atoms with E-state index in [1.807, 2.05) is 13.8 Å². The molecule has 0 aromatic heterocycles. The topological polar surface area (TPSA) is 41.1 Å². The minimum absolute atomic E-state index is 0.106. The summed E-state index contributed by atoms with van der Waals surface area (Å²) in [5, 5.41) is 6.03. The summed E-state index contributed by atoms with van der Waals surface area (Å²) in [5.41, 5.74) is 0. The SMILES string of the molecule is CC(C)NC(=O)CNCC1CCC1. The van der Waals surface area contributed by atoms with Crippen LogP contribution in [0.1, 0.15) is 33.1 Å². The molecule has 0 heterocycles. The lowest BCUT2D eigenvalue weighted by Gasteiger charge is -2.25. The van der Waals surface area contributed by atoms with Gasteiger partial charge in [0.2, 0.25) is 5.91 Å². The average molecular weight is 184 g/mol. The van der Waals surface area contributed by atoms with Crippen molar-refractivity contribution < 1.29 is 4.79 Å². The second-order valence-corrected chi connectivity index (χ2v) is 4.15.